The summed E-state index contributed by atoms with van der Waals surface area (Å²) in [6, 6.07) is 6.95. The van der Waals surface area contributed by atoms with Crippen LogP contribution in [0, 0.1) is 11.7 Å². The van der Waals surface area contributed by atoms with Crippen molar-refractivity contribution in [1.82, 2.24) is 25.0 Å². The third kappa shape index (κ3) is 4.18. The molecular weight excluding hydrogens is 345 g/mol. The van der Waals surface area contributed by atoms with Crippen LogP contribution in [0.15, 0.2) is 24.3 Å². The zero-order chi connectivity index (χ0) is 18.6. The minimum absolute atomic E-state index is 0.149. The normalized spacial score (nSPS) is 17.8. The van der Waals surface area contributed by atoms with Crippen molar-refractivity contribution in [2.45, 2.75) is 45.2 Å². The number of hydrogen-bond acceptors (Lipinski definition) is 4. The van der Waals surface area contributed by atoms with Gasteiger partial charge in [0.1, 0.15) is 17.5 Å². The van der Waals surface area contributed by atoms with Crippen molar-refractivity contribution >= 4 is 5.91 Å². The van der Waals surface area contributed by atoms with E-state index in [1.165, 1.54) is 12.5 Å². The van der Waals surface area contributed by atoms with Gasteiger partial charge in [0.15, 0.2) is 0 Å². The van der Waals surface area contributed by atoms with Crippen LogP contribution in [-0.4, -0.2) is 45.2 Å². The number of rotatable bonds is 6. The molecule has 0 radical (unpaired) electrons. The van der Waals surface area contributed by atoms with Gasteiger partial charge in [0.05, 0.1) is 0 Å². The van der Waals surface area contributed by atoms with Gasteiger partial charge in [0.25, 0.3) is 0 Å². The van der Waals surface area contributed by atoms with Crippen molar-refractivity contribution in [2.24, 2.45) is 5.92 Å². The van der Waals surface area contributed by atoms with Crippen LogP contribution in [0.3, 0.4) is 0 Å². The first kappa shape index (κ1) is 18.1. The van der Waals surface area contributed by atoms with Gasteiger partial charge in [0, 0.05) is 57.0 Å². The standard InChI is InChI=1S/C20H26FN5O/c21-17-7-2-1-4-16(17)14-25-11-9-19-24-23-18(26(19)13-12-25)8-10-22-20(27)15-5-3-6-15/h1-2,4,7,15H,3,5-6,8-14H2,(H,22,27). The van der Waals surface area contributed by atoms with E-state index in [0.717, 1.165) is 56.1 Å². The van der Waals surface area contributed by atoms with E-state index in [1.807, 2.05) is 12.1 Å². The van der Waals surface area contributed by atoms with E-state index in [1.54, 1.807) is 6.07 Å². The molecule has 7 heteroatoms. The molecule has 2 aromatic rings. The Morgan fingerprint density at radius 3 is 2.81 bits per heavy atom. The molecule has 4 rings (SSSR count). The van der Waals surface area contributed by atoms with E-state index in [4.69, 9.17) is 0 Å². The fraction of sp³-hybridized carbons (Fsp3) is 0.550. The van der Waals surface area contributed by atoms with E-state index in [9.17, 15) is 9.18 Å². The molecule has 6 nitrogen and oxygen atoms in total. The van der Waals surface area contributed by atoms with Gasteiger partial charge in [-0.15, -0.1) is 10.2 Å². The number of hydrogen-bond donors (Lipinski definition) is 1. The lowest BCUT2D eigenvalue weighted by Gasteiger charge is -2.24. The van der Waals surface area contributed by atoms with Crippen LogP contribution in [0.1, 0.15) is 36.5 Å². The summed E-state index contributed by atoms with van der Waals surface area (Å²) in [6.45, 7) is 3.68. The van der Waals surface area contributed by atoms with Crippen molar-refractivity contribution in [3.63, 3.8) is 0 Å². The Bertz CT molecular complexity index is 801. The van der Waals surface area contributed by atoms with Crippen LogP contribution >= 0.6 is 0 Å². The molecular formula is C20H26FN5O. The van der Waals surface area contributed by atoms with E-state index >= 15 is 0 Å². The molecule has 0 atom stereocenters. The molecule has 1 amide bonds. The van der Waals surface area contributed by atoms with Crippen molar-refractivity contribution < 1.29 is 9.18 Å². The number of carbonyl (C=O) groups excluding carboxylic acids is 1. The lowest BCUT2D eigenvalue weighted by atomic mass is 9.85. The Morgan fingerprint density at radius 1 is 1.19 bits per heavy atom. The summed E-state index contributed by atoms with van der Waals surface area (Å²) in [5.41, 5.74) is 0.731. The molecule has 1 fully saturated rings. The molecule has 1 saturated carbocycles. The fourth-order valence-electron chi connectivity index (χ4n) is 3.75. The molecule has 1 aromatic heterocycles. The maximum absolute atomic E-state index is 13.9. The van der Waals surface area contributed by atoms with E-state index in [2.05, 4.69) is 25.0 Å². The van der Waals surface area contributed by atoms with Crippen LogP contribution in [0.2, 0.25) is 0 Å². The number of nitrogens with zero attached hydrogens (tertiary/aromatic N) is 4. The Balaban J connectivity index is 1.32. The number of amides is 1. The van der Waals surface area contributed by atoms with Gasteiger partial charge >= 0.3 is 0 Å². The quantitative estimate of drug-likeness (QED) is 0.843. The summed E-state index contributed by atoms with van der Waals surface area (Å²) in [6.07, 6.45) is 4.70. The lowest BCUT2D eigenvalue weighted by Crippen LogP contribution is -2.35. The van der Waals surface area contributed by atoms with Crippen molar-refractivity contribution in [3.8, 4) is 0 Å². The first-order chi connectivity index (χ1) is 13.2. The average molecular weight is 371 g/mol. The smallest absolute Gasteiger partial charge is 0.223 e. The Labute approximate surface area is 158 Å². The van der Waals surface area contributed by atoms with E-state index < -0.39 is 0 Å². The van der Waals surface area contributed by atoms with Gasteiger partial charge in [-0.3, -0.25) is 9.69 Å². The Morgan fingerprint density at radius 2 is 2.04 bits per heavy atom. The molecule has 2 aliphatic rings. The second kappa shape index (κ2) is 8.17. The second-order valence-corrected chi connectivity index (χ2v) is 7.47. The largest absolute Gasteiger partial charge is 0.355 e. The summed E-state index contributed by atoms with van der Waals surface area (Å²) < 4.78 is 16.1. The van der Waals surface area contributed by atoms with Gasteiger partial charge in [-0.1, -0.05) is 24.6 Å². The summed E-state index contributed by atoms with van der Waals surface area (Å²) in [5, 5.41) is 11.7. The van der Waals surface area contributed by atoms with Crippen molar-refractivity contribution in [3.05, 3.63) is 47.3 Å². The van der Waals surface area contributed by atoms with Crippen molar-refractivity contribution in [1.29, 1.82) is 0 Å². The minimum Gasteiger partial charge on any atom is -0.355 e. The van der Waals surface area contributed by atoms with Crippen molar-refractivity contribution in [2.75, 3.05) is 19.6 Å². The number of fused-ring (bicyclic) bond motifs is 1. The topological polar surface area (TPSA) is 63.1 Å². The Kier molecular flexibility index (Phi) is 5.48. The second-order valence-electron chi connectivity index (χ2n) is 7.47. The van der Waals surface area contributed by atoms with Crippen LogP contribution in [-0.2, 0) is 30.7 Å². The van der Waals surface area contributed by atoms with Gasteiger partial charge in [-0.05, 0) is 18.9 Å². The monoisotopic (exact) mass is 371 g/mol. The number of carbonyl (C=O) groups is 1. The highest BCUT2D eigenvalue weighted by Gasteiger charge is 2.25. The van der Waals surface area contributed by atoms with Crippen LogP contribution in [0.25, 0.3) is 0 Å². The number of halogens is 1. The maximum Gasteiger partial charge on any atom is 0.223 e. The first-order valence-electron chi connectivity index (χ1n) is 9.85. The lowest BCUT2D eigenvalue weighted by molar-refractivity contribution is -0.127. The van der Waals surface area contributed by atoms with E-state index in [0.29, 0.717) is 19.5 Å². The fourth-order valence-corrected chi connectivity index (χ4v) is 3.75. The summed E-state index contributed by atoms with van der Waals surface area (Å²) in [7, 11) is 0. The molecule has 0 unspecified atom stereocenters. The number of benzene rings is 1. The molecule has 27 heavy (non-hydrogen) atoms. The third-order valence-corrected chi connectivity index (χ3v) is 5.67. The molecule has 2 heterocycles. The molecule has 0 spiro atoms. The van der Waals surface area contributed by atoms with Gasteiger partial charge < -0.3 is 9.88 Å². The van der Waals surface area contributed by atoms with Gasteiger partial charge in [-0.2, -0.15) is 0 Å². The number of nitrogens with one attached hydrogen (secondary N) is 1. The number of aromatic nitrogens is 3. The molecule has 1 aliphatic carbocycles. The minimum atomic E-state index is -0.149. The average Bonchev–Trinajstić information content (AvgIpc) is 2.88. The predicted molar refractivity (Wildman–Crippen MR) is 99.5 cm³/mol. The van der Waals surface area contributed by atoms with Gasteiger partial charge in [0.2, 0.25) is 5.91 Å². The molecule has 0 bridgehead atoms. The summed E-state index contributed by atoms with van der Waals surface area (Å²) in [4.78, 5) is 14.2. The highest BCUT2D eigenvalue weighted by atomic mass is 19.1. The van der Waals surface area contributed by atoms with E-state index in [-0.39, 0.29) is 17.6 Å². The van der Waals surface area contributed by atoms with Crippen LogP contribution < -0.4 is 5.32 Å². The van der Waals surface area contributed by atoms with Crippen LogP contribution in [0.4, 0.5) is 4.39 Å². The molecule has 144 valence electrons. The van der Waals surface area contributed by atoms with Crippen LogP contribution in [0.5, 0.6) is 0 Å². The zero-order valence-corrected chi connectivity index (χ0v) is 15.5. The first-order valence-corrected chi connectivity index (χ1v) is 9.85. The third-order valence-electron chi connectivity index (χ3n) is 5.67. The SMILES string of the molecule is O=C(NCCc1nnc2n1CCN(Cc1ccccc1F)CC2)C1CCC1. The highest BCUT2D eigenvalue weighted by molar-refractivity contribution is 5.79. The molecule has 0 saturated heterocycles. The Hall–Kier alpha value is -2.28. The maximum atomic E-state index is 13.9. The molecule has 1 N–H and O–H groups in total. The highest BCUT2D eigenvalue weighted by Crippen LogP contribution is 2.26. The summed E-state index contributed by atoms with van der Waals surface area (Å²) in [5.74, 6) is 2.14. The zero-order valence-electron chi connectivity index (χ0n) is 15.5. The molecule has 1 aliphatic heterocycles. The molecule has 1 aromatic carbocycles. The summed E-state index contributed by atoms with van der Waals surface area (Å²) >= 11 is 0. The van der Waals surface area contributed by atoms with Gasteiger partial charge in [-0.25, -0.2) is 4.39 Å². The predicted octanol–water partition coefficient (Wildman–Crippen LogP) is 1.93.